The van der Waals surface area contributed by atoms with Crippen LogP contribution >= 0.6 is 0 Å². The Hall–Kier alpha value is -1.60. The largest absolute Gasteiger partial charge is 0.446 e. The number of ether oxygens (including phenoxy) is 1. The van der Waals surface area contributed by atoms with Crippen molar-refractivity contribution in [1.29, 1.82) is 0 Å². The summed E-state index contributed by atoms with van der Waals surface area (Å²) in [7, 11) is -3.77. The Labute approximate surface area is 106 Å². The van der Waals surface area contributed by atoms with Gasteiger partial charge in [-0.3, -0.25) is 0 Å². The van der Waals surface area contributed by atoms with E-state index in [4.69, 9.17) is 4.74 Å². The molecule has 1 aromatic rings. The average molecular weight is 272 g/mol. The summed E-state index contributed by atoms with van der Waals surface area (Å²) in [6, 6.07) is 6.24. The Morgan fingerprint density at radius 2 is 1.78 bits per heavy atom. The molecule has 0 aliphatic heterocycles. The number of aryl methyl sites for hydroxylation is 1. The van der Waals surface area contributed by atoms with E-state index in [0.29, 0.717) is 0 Å². The fraction of sp³-hybridized carbons (Fsp3) is 0.364. The molecule has 0 saturated heterocycles. The van der Waals surface area contributed by atoms with Gasteiger partial charge in [-0.15, -0.1) is 4.83 Å². The van der Waals surface area contributed by atoms with Gasteiger partial charge in [0.15, 0.2) is 0 Å². The lowest BCUT2D eigenvalue weighted by Crippen LogP contribution is -2.42. The Morgan fingerprint density at radius 3 is 2.28 bits per heavy atom. The molecule has 1 aromatic carbocycles. The number of hydrogen-bond acceptors (Lipinski definition) is 4. The molecule has 18 heavy (non-hydrogen) atoms. The predicted octanol–water partition coefficient (Wildman–Crippen LogP) is 1.32. The van der Waals surface area contributed by atoms with Gasteiger partial charge in [-0.2, -0.15) is 0 Å². The van der Waals surface area contributed by atoms with Crippen LogP contribution in [-0.4, -0.2) is 20.6 Å². The molecule has 0 aliphatic rings. The lowest BCUT2D eigenvalue weighted by Gasteiger charge is -2.11. The molecule has 0 aromatic heterocycles. The molecule has 2 N–H and O–H groups in total. The van der Waals surface area contributed by atoms with Crippen LogP contribution in [0.1, 0.15) is 19.4 Å². The number of sulfonamides is 1. The van der Waals surface area contributed by atoms with Crippen LogP contribution in [0, 0.1) is 6.92 Å². The van der Waals surface area contributed by atoms with Crippen molar-refractivity contribution in [3.8, 4) is 0 Å². The molecule has 1 rings (SSSR count). The van der Waals surface area contributed by atoms with Crippen LogP contribution in [0.2, 0.25) is 0 Å². The number of hydrazine groups is 1. The summed E-state index contributed by atoms with van der Waals surface area (Å²) in [5, 5.41) is 0. The molecule has 0 radical (unpaired) electrons. The van der Waals surface area contributed by atoms with Crippen molar-refractivity contribution in [2.75, 3.05) is 0 Å². The van der Waals surface area contributed by atoms with Gasteiger partial charge in [0, 0.05) is 0 Å². The van der Waals surface area contributed by atoms with Gasteiger partial charge in [0.2, 0.25) is 0 Å². The highest BCUT2D eigenvalue weighted by molar-refractivity contribution is 7.89. The number of hydrogen-bond donors (Lipinski definition) is 2. The summed E-state index contributed by atoms with van der Waals surface area (Å²) >= 11 is 0. The van der Waals surface area contributed by atoms with Gasteiger partial charge in [-0.1, -0.05) is 17.7 Å². The van der Waals surface area contributed by atoms with Gasteiger partial charge >= 0.3 is 6.09 Å². The zero-order valence-corrected chi connectivity index (χ0v) is 11.2. The van der Waals surface area contributed by atoms with Gasteiger partial charge in [0.1, 0.15) is 0 Å². The van der Waals surface area contributed by atoms with Crippen LogP contribution in [0.4, 0.5) is 4.79 Å². The Bertz CT molecular complexity index is 508. The van der Waals surface area contributed by atoms with Crippen molar-refractivity contribution >= 4 is 16.1 Å². The van der Waals surface area contributed by atoms with Crippen LogP contribution < -0.4 is 10.3 Å². The van der Waals surface area contributed by atoms with Crippen molar-refractivity contribution in [3.63, 3.8) is 0 Å². The van der Waals surface area contributed by atoms with Crippen molar-refractivity contribution < 1.29 is 17.9 Å². The van der Waals surface area contributed by atoms with Crippen LogP contribution in [0.25, 0.3) is 0 Å². The third-order valence-electron chi connectivity index (χ3n) is 1.96. The molecule has 100 valence electrons. The standard InChI is InChI=1S/C11H16N2O4S/c1-8(2)17-11(14)12-13-18(15,16)10-6-4-9(3)5-7-10/h4-8,13H,1-3H3,(H,12,14). The fourth-order valence-corrected chi connectivity index (χ4v) is 1.96. The van der Waals surface area contributed by atoms with E-state index in [-0.39, 0.29) is 11.0 Å². The SMILES string of the molecule is Cc1ccc(S(=O)(=O)NNC(=O)OC(C)C)cc1. The second-order valence-corrected chi connectivity index (χ2v) is 5.68. The molecule has 0 atom stereocenters. The molecule has 0 saturated carbocycles. The zero-order chi connectivity index (χ0) is 13.8. The minimum Gasteiger partial charge on any atom is -0.446 e. The number of amides is 1. The van der Waals surface area contributed by atoms with Crippen molar-refractivity contribution in [2.45, 2.75) is 31.8 Å². The lowest BCUT2D eigenvalue weighted by atomic mass is 10.2. The summed E-state index contributed by atoms with van der Waals surface area (Å²) < 4.78 is 28.2. The summed E-state index contributed by atoms with van der Waals surface area (Å²) in [4.78, 5) is 13.1. The molecule has 0 spiro atoms. The van der Waals surface area contributed by atoms with E-state index in [0.717, 1.165) is 5.56 Å². The smallest absolute Gasteiger partial charge is 0.422 e. The molecular formula is C11H16N2O4S. The Balaban J connectivity index is 2.66. The van der Waals surface area contributed by atoms with Crippen molar-refractivity contribution in [1.82, 2.24) is 10.3 Å². The van der Waals surface area contributed by atoms with Crippen LogP contribution in [0.5, 0.6) is 0 Å². The van der Waals surface area contributed by atoms with Crippen molar-refractivity contribution in [2.24, 2.45) is 0 Å². The number of carbonyl (C=O) groups excluding carboxylic acids is 1. The molecule has 0 bridgehead atoms. The Morgan fingerprint density at radius 1 is 1.22 bits per heavy atom. The topological polar surface area (TPSA) is 84.5 Å². The number of rotatable bonds is 4. The highest BCUT2D eigenvalue weighted by Gasteiger charge is 2.15. The summed E-state index contributed by atoms with van der Waals surface area (Å²) in [6.45, 7) is 5.17. The summed E-state index contributed by atoms with van der Waals surface area (Å²) in [5.41, 5.74) is 2.91. The van der Waals surface area contributed by atoms with E-state index in [1.807, 2.05) is 17.2 Å². The minimum absolute atomic E-state index is 0.0675. The molecule has 0 fully saturated rings. The predicted molar refractivity (Wildman–Crippen MR) is 66.3 cm³/mol. The third kappa shape index (κ3) is 4.34. The molecule has 0 aliphatic carbocycles. The van der Waals surface area contributed by atoms with Crippen LogP contribution in [-0.2, 0) is 14.8 Å². The second kappa shape index (κ2) is 5.83. The quantitative estimate of drug-likeness (QED) is 0.810. The van der Waals surface area contributed by atoms with E-state index in [1.54, 1.807) is 26.0 Å². The highest BCUT2D eigenvalue weighted by atomic mass is 32.2. The zero-order valence-electron chi connectivity index (χ0n) is 10.4. The van der Waals surface area contributed by atoms with E-state index >= 15 is 0 Å². The monoisotopic (exact) mass is 272 g/mol. The van der Waals surface area contributed by atoms with Crippen LogP contribution in [0.15, 0.2) is 29.2 Å². The maximum absolute atomic E-state index is 11.8. The number of carbonyl (C=O) groups is 1. The first-order valence-electron chi connectivity index (χ1n) is 5.36. The van der Waals surface area contributed by atoms with E-state index in [9.17, 15) is 13.2 Å². The Kier molecular flexibility index (Phi) is 4.69. The van der Waals surface area contributed by atoms with E-state index < -0.39 is 16.1 Å². The first-order valence-corrected chi connectivity index (χ1v) is 6.84. The minimum atomic E-state index is -3.77. The molecular weight excluding hydrogens is 256 g/mol. The molecule has 1 amide bonds. The van der Waals surface area contributed by atoms with E-state index in [1.165, 1.54) is 12.1 Å². The first-order chi connectivity index (χ1) is 8.31. The summed E-state index contributed by atoms with van der Waals surface area (Å²) in [6.07, 6.45) is -1.17. The third-order valence-corrected chi connectivity index (χ3v) is 3.23. The molecule has 0 unspecified atom stereocenters. The first kappa shape index (κ1) is 14.5. The molecule has 0 heterocycles. The molecule has 7 heteroatoms. The molecule has 6 nitrogen and oxygen atoms in total. The van der Waals surface area contributed by atoms with Gasteiger partial charge in [0.05, 0.1) is 11.0 Å². The van der Waals surface area contributed by atoms with Gasteiger partial charge in [0.25, 0.3) is 10.0 Å². The maximum Gasteiger partial charge on any atom is 0.422 e. The number of nitrogens with one attached hydrogen (secondary N) is 2. The van der Waals surface area contributed by atoms with Gasteiger partial charge in [-0.25, -0.2) is 18.6 Å². The normalized spacial score (nSPS) is 11.3. The average Bonchev–Trinajstić information content (AvgIpc) is 2.26. The van der Waals surface area contributed by atoms with Crippen LogP contribution in [0.3, 0.4) is 0 Å². The maximum atomic E-state index is 11.8. The van der Waals surface area contributed by atoms with Crippen molar-refractivity contribution in [3.05, 3.63) is 29.8 Å². The number of benzene rings is 1. The fourth-order valence-electron chi connectivity index (χ4n) is 1.13. The van der Waals surface area contributed by atoms with Gasteiger partial charge < -0.3 is 4.74 Å². The van der Waals surface area contributed by atoms with E-state index in [2.05, 4.69) is 0 Å². The second-order valence-electron chi connectivity index (χ2n) is 4.00. The lowest BCUT2D eigenvalue weighted by molar-refractivity contribution is 0.114. The van der Waals surface area contributed by atoms with Gasteiger partial charge in [-0.05, 0) is 32.9 Å². The highest BCUT2D eigenvalue weighted by Crippen LogP contribution is 2.08. The summed E-state index contributed by atoms with van der Waals surface area (Å²) in [5.74, 6) is 0.